The lowest BCUT2D eigenvalue weighted by Gasteiger charge is -1.98. The summed E-state index contributed by atoms with van der Waals surface area (Å²) in [7, 11) is 0. The van der Waals surface area contributed by atoms with Gasteiger partial charge in [0.2, 0.25) is 11.8 Å². The van der Waals surface area contributed by atoms with Gasteiger partial charge in [0.25, 0.3) is 0 Å². The Hall–Kier alpha value is -1.16. The zero-order valence-corrected chi connectivity index (χ0v) is 7.42. The summed E-state index contributed by atoms with van der Waals surface area (Å²) >= 11 is 0. The topological polar surface area (TPSA) is 51.0 Å². The SMILES string of the molecule is C=C(C)CNCc1nnc(C)o1. The number of aromatic nitrogens is 2. The van der Waals surface area contributed by atoms with Gasteiger partial charge in [-0.3, -0.25) is 0 Å². The van der Waals surface area contributed by atoms with Gasteiger partial charge in [-0.05, 0) is 6.92 Å². The highest BCUT2D eigenvalue weighted by molar-refractivity contribution is 4.91. The quantitative estimate of drug-likeness (QED) is 0.681. The number of rotatable bonds is 4. The molecular formula is C8H13N3O. The summed E-state index contributed by atoms with van der Waals surface area (Å²) in [6.07, 6.45) is 0. The molecule has 1 heterocycles. The van der Waals surface area contributed by atoms with Gasteiger partial charge in [0, 0.05) is 13.5 Å². The lowest BCUT2D eigenvalue weighted by molar-refractivity contribution is 0.451. The molecule has 0 spiro atoms. The second-order valence-electron chi connectivity index (χ2n) is 2.78. The maximum absolute atomic E-state index is 5.15. The van der Waals surface area contributed by atoms with E-state index in [0.29, 0.717) is 18.3 Å². The van der Waals surface area contributed by atoms with Crippen LogP contribution in [-0.2, 0) is 6.54 Å². The van der Waals surface area contributed by atoms with Crippen LogP contribution in [0.25, 0.3) is 0 Å². The summed E-state index contributed by atoms with van der Waals surface area (Å²) < 4.78 is 5.15. The van der Waals surface area contributed by atoms with Crippen molar-refractivity contribution in [3.8, 4) is 0 Å². The Bertz CT molecular complexity index is 267. The highest BCUT2D eigenvalue weighted by atomic mass is 16.4. The van der Waals surface area contributed by atoms with Crippen LogP contribution in [0.4, 0.5) is 0 Å². The Morgan fingerprint density at radius 2 is 2.33 bits per heavy atom. The largest absolute Gasteiger partial charge is 0.424 e. The van der Waals surface area contributed by atoms with Crippen molar-refractivity contribution in [1.82, 2.24) is 15.5 Å². The van der Waals surface area contributed by atoms with Crippen LogP contribution in [0.15, 0.2) is 16.6 Å². The fourth-order valence-electron chi connectivity index (χ4n) is 0.792. The van der Waals surface area contributed by atoms with E-state index in [4.69, 9.17) is 4.42 Å². The molecule has 0 aliphatic rings. The molecule has 4 nitrogen and oxygen atoms in total. The summed E-state index contributed by atoms with van der Waals surface area (Å²) in [5.41, 5.74) is 1.09. The average Bonchev–Trinajstić information content (AvgIpc) is 2.35. The minimum atomic E-state index is 0.599. The minimum absolute atomic E-state index is 0.599. The molecule has 0 radical (unpaired) electrons. The second kappa shape index (κ2) is 4.01. The summed E-state index contributed by atoms with van der Waals surface area (Å²) in [5.74, 6) is 1.22. The van der Waals surface area contributed by atoms with Crippen molar-refractivity contribution >= 4 is 0 Å². The van der Waals surface area contributed by atoms with E-state index in [-0.39, 0.29) is 0 Å². The van der Waals surface area contributed by atoms with Crippen LogP contribution >= 0.6 is 0 Å². The number of nitrogens with one attached hydrogen (secondary N) is 1. The van der Waals surface area contributed by atoms with Crippen LogP contribution in [0.5, 0.6) is 0 Å². The van der Waals surface area contributed by atoms with Crippen molar-refractivity contribution in [2.75, 3.05) is 6.54 Å². The molecule has 0 saturated carbocycles. The fourth-order valence-corrected chi connectivity index (χ4v) is 0.792. The Balaban J connectivity index is 2.29. The predicted octanol–water partition coefficient (Wildman–Crippen LogP) is 1.04. The number of nitrogens with zero attached hydrogens (tertiary/aromatic N) is 2. The molecule has 1 N–H and O–H groups in total. The Labute approximate surface area is 71.7 Å². The second-order valence-corrected chi connectivity index (χ2v) is 2.78. The van der Waals surface area contributed by atoms with Crippen LogP contribution in [0, 0.1) is 6.92 Å². The molecule has 0 fully saturated rings. The zero-order chi connectivity index (χ0) is 8.97. The van der Waals surface area contributed by atoms with Crippen LogP contribution in [0.2, 0.25) is 0 Å². The first-order valence-electron chi connectivity index (χ1n) is 3.82. The molecule has 0 aliphatic heterocycles. The van der Waals surface area contributed by atoms with Crippen LogP contribution < -0.4 is 5.32 Å². The molecule has 0 atom stereocenters. The molecule has 1 aromatic rings. The molecule has 12 heavy (non-hydrogen) atoms. The van der Waals surface area contributed by atoms with Gasteiger partial charge in [-0.2, -0.15) is 0 Å². The van der Waals surface area contributed by atoms with Crippen LogP contribution in [0.1, 0.15) is 18.7 Å². The first-order chi connectivity index (χ1) is 5.68. The van der Waals surface area contributed by atoms with E-state index < -0.39 is 0 Å². The molecule has 66 valence electrons. The zero-order valence-electron chi connectivity index (χ0n) is 7.42. The molecule has 0 bridgehead atoms. The van der Waals surface area contributed by atoms with Crippen LogP contribution in [-0.4, -0.2) is 16.7 Å². The van der Waals surface area contributed by atoms with E-state index in [1.807, 2.05) is 6.92 Å². The first kappa shape index (κ1) is 8.93. The molecule has 0 aromatic carbocycles. The molecule has 0 unspecified atom stereocenters. The Kier molecular flexibility index (Phi) is 2.99. The van der Waals surface area contributed by atoms with Gasteiger partial charge in [0.05, 0.1) is 6.54 Å². The summed E-state index contributed by atoms with van der Waals surface area (Å²) in [6, 6.07) is 0. The molecule has 4 heteroatoms. The third-order valence-electron chi connectivity index (χ3n) is 1.27. The van der Waals surface area contributed by atoms with Gasteiger partial charge in [0.15, 0.2) is 0 Å². The fraction of sp³-hybridized carbons (Fsp3) is 0.500. The Morgan fingerprint density at radius 1 is 1.58 bits per heavy atom. The molecule has 0 amide bonds. The van der Waals surface area contributed by atoms with Crippen molar-refractivity contribution in [2.24, 2.45) is 0 Å². The number of hydrogen-bond donors (Lipinski definition) is 1. The Morgan fingerprint density at radius 3 is 2.83 bits per heavy atom. The van der Waals surface area contributed by atoms with E-state index in [9.17, 15) is 0 Å². The highest BCUT2D eigenvalue weighted by Gasteiger charge is 1.99. The van der Waals surface area contributed by atoms with E-state index in [1.165, 1.54) is 0 Å². The third kappa shape index (κ3) is 2.84. The van der Waals surface area contributed by atoms with E-state index in [2.05, 4.69) is 22.1 Å². The molecule has 1 rings (SSSR count). The lowest BCUT2D eigenvalue weighted by Crippen LogP contribution is -2.15. The lowest BCUT2D eigenvalue weighted by atomic mass is 10.3. The predicted molar refractivity (Wildman–Crippen MR) is 45.6 cm³/mol. The maximum Gasteiger partial charge on any atom is 0.230 e. The summed E-state index contributed by atoms with van der Waals surface area (Å²) in [4.78, 5) is 0. The standard InChI is InChI=1S/C8H13N3O/c1-6(2)4-9-5-8-11-10-7(3)12-8/h9H,1,4-5H2,2-3H3. The maximum atomic E-state index is 5.15. The normalized spacial score (nSPS) is 10.2. The summed E-state index contributed by atoms with van der Waals surface area (Å²) in [6.45, 7) is 8.88. The van der Waals surface area contributed by atoms with Crippen LogP contribution in [0.3, 0.4) is 0 Å². The average molecular weight is 167 g/mol. The van der Waals surface area contributed by atoms with Crippen molar-refractivity contribution in [2.45, 2.75) is 20.4 Å². The minimum Gasteiger partial charge on any atom is -0.424 e. The van der Waals surface area contributed by atoms with Gasteiger partial charge < -0.3 is 9.73 Å². The number of hydrogen-bond acceptors (Lipinski definition) is 4. The monoisotopic (exact) mass is 167 g/mol. The van der Waals surface area contributed by atoms with Gasteiger partial charge >= 0.3 is 0 Å². The van der Waals surface area contributed by atoms with Crippen molar-refractivity contribution in [1.29, 1.82) is 0 Å². The first-order valence-corrected chi connectivity index (χ1v) is 3.82. The van der Waals surface area contributed by atoms with Crippen molar-refractivity contribution < 1.29 is 4.42 Å². The van der Waals surface area contributed by atoms with Gasteiger partial charge in [-0.15, -0.1) is 10.2 Å². The van der Waals surface area contributed by atoms with Gasteiger partial charge in [-0.25, -0.2) is 0 Å². The van der Waals surface area contributed by atoms with E-state index >= 15 is 0 Å². The molecule has 0 aliphatic carbocycles. The molecule has 0 saturated heterocycles. The smallest absolute Gasteiger partial charge is 0.230 e. The highest BCUT2D eigenvalue weighted by Crippen LogP contribution is 1.96. The van der Waals surface area contributed by atoms with E-state index in [1.54, 1.807) is 6.92 Å². The van der Waals surface area contributed by atoms with Gasteiger partial charge in [0.1, 0.15) is 0 Å². The van der Waals surface area contributed by atoms with Gasteiger partial charge in [-0.1, -0.05) is 12.2 Å². The molecular weight excluding hydrogens is 154 g/mol. The number of aryl methyl sites for hydroxylation is 1. The van der Waals surface area contributed by atoms with Crippen molar-refractivity contribution in [3.63, 3.8) is 0 Å². The molecule has 1 aromatic heterocycles. The van der Waals surface area contributed by atoms with E-state index in [0.717, 1.165) is 12.1 Å². The summed E-state index contributed by atoms with van der Waals surface area (Å²) in [5, 5.41) is 10.7. The third-order valence-corrected chi connectivity index (χ3v) is 1.27. The van der Waals surface area contributed by atoms with Crippen molar-refractivity contribution in [3.05, 3.63) is 23.9 Å².